The zero-order valence-corrected chi connectivity index (χ0v) is 64.7. The molecule has 3 fully saturated rings. The van der Waals surface area contributed by atoms with Crippen LogP contribution in [0.3, 0.4) is 0 Å². The zero-order valence-electron chi connectivity index (χ0n) is 61.4. The monoisotopic (exact) mass is 1620 g/mol. The molecule has 0 spiro atoms. The maximum atomic E-state index is 12.6. The molecule has 5 amide bonds. The van der Waals surface area contributed by atoms with Crippen LogP contribution in [0.1, 0.15) is 74.1 Å². The van der Waals surface area contributed by atoms with Crippen molar-refractivity contribution in [1.29, 1.82) is 0 Å². The summed E-state index contributed by atoms with van der Waals surface area (Å²) in [6.45, 7) is 5.70. The minimum absolute atomic E-state index is 0. The number of fused-ring (bicyclic) bond motifs is 1. The Morgan fingerprint density at radius 2 is 0.912 bits per heavy atom. The first-order valence-electron chi connectivity index (χ1n) is 35.8. The molecule has 5 heterocycles. The molecular weight excluding hydrogens is 1530 g/mol. The van der Waals surface area contributed by atoms with Crippen molar-refractivity contribution in [3.8, 4) is 0 Å². The number of amides is 5. The van der Waals surface area contributed by atoms with Crippen LogP contribution in [0.15, 0.2) is 226 Å². The molecular formula is C81H89N8O20S4+. The van der Waals surface area contributed by atoms with Gasteiger partial charge in [0, 0.05) is 23.0 Å². The fourth-order valence-electron chi connectivity index (χ4n) is 11.4. The summed E-state index contributed by atoms with van der Waals surface area (Å²) in [4.78, 5) is 153. The fraction of sp³-hybridized carbons (Fsp3) is 0.321. The molecule has 0 bridgehead atoms. The van der Waals surface area contributed by atoms with E-state index in [1.807, 2.05) is 79.8 Å². The smallest absolute Gasteiger partial charge is 0.354 e. The van der Waals surface area contributed by atoms with Gasteiger partial charge in [0.25, 0.3) is 5.91 Å². The van der Waals surface area contributed by atoms with E-state index in [0.29, 0.717) is 57.8 Å². The molecule has 4 aromatic carbocycles. The van der Waals surface area contributed by atoms with Crippen molar-refractivity contribution in [3.63, 3.8) is 0 Å². The first kappa shape index (κ1) is 89.0. The molecule has 4 aromatic rings. The number of aliphatic imine (C=N–C) groups is 2. The third-order valence-electron chi connectivity index (χ3n) is 17.4. The van der Waals surface area contributed by atoms with E-state index in [1.165, 1.54) is 51.9 Å². The number of hydrogen-bond acceptors (Lipinski definition) is 19. The molecule has 11 rings (SSSR count). The van der Waals surface area contributed by atoms with Crippen molar-refractivity contribution in [2.75, 3.05) is 23.0 Å². The predicted octanol–water partition coefficient (Wildman–Crippen LogP) is 7.66. The lowest BCUT2D eigenvalue weighted by molar-refractivity contribution is -0.150. The van der Waals surface area contributed by atoms with Crippen molar-refractivity contribution >= 4 is 130 Å². The average molecular weight is 1620 g/mol. The van der Waals surface area contributed by atoms with Crippen LogP contribution in [-0.2, 0) is 83.2 Å². The van der Waals surface area contributed by atoms with Gasteiger partial charge in [-0.1, -0.05) is 189 Å². The van der Waals surface area contributed by atoms with Gasteiger partial charge in [0.15, 0.2) is 18.1 Å². The number of thioether (sulfide) groups is 4. The number of carbonyl (C=O) groups excluding carboxylic acids is 5. The van der Waals surface area contributed by atoms with Gasteiger partial charge in [0.2, 0.25) is 23.6 Å². The zero-order chi connectivity index (χ0) is 80.8. The maximum Gasteiger partial charge on any atom is 0.354 e. The molecule has 2 aliphatic carbocycles. The number of nitrogens with one attached hydrogen (secondary N) is 5. The number of benzene rings is 4. The SMILES string of the molecule is CCC/C=C/C=C1\CSC(C(NC(=O)Cc2ccccc2)C(=O)O)N=C1C(=O)O.O.O=C(Cc1ccccc1)NC(C(=O)O)C1NC(C(=O)O)=C(/C=C/C2CC2)CS1.O=C(Cc1ccccc1)NC1C(=O)N2C(C(=O)O)=C(/C=C/C3CC3)CSC12.[CH2+]C/C=C/C=C1\CSC(C(NC(=O)Cc2ccccc2)C(=O)O)N=C1C(=O)O. The minimum Gasteiger partial charge on any atom is -0.480 e. The highest BCUT2D eigenvalue weighted by Gasteiger charge is 2.54. The second kappa shape index (κ2) is 44.7. The lowest BCUT2D eigenvalue weighted by Gasteiger charge is -2.49. The van der Waals surface area contributed by atoms with Crippen molar-refractivity contribution in [3.05, 3.63) is 245 Å². The summed E-state index contributed by atoms with van der Waals surface area (Å²) < 4.78 is 0. The Balaban J connectivity index is 0.000000208. The molecule has 28 nitrogen and oxygen atoms in total. The van der Waals surface area contributed by atoms with E-state index in [9.17, 15) is 93.3 Å². The van der Waals surface area contributed by atoms with Crippen LogP contribution >= 0.6 is 47.0 Å². The van der Waals surface area contributed by atoms with Crippen LogP contribution in [0.5, 0.6) is 0 Å². The number of aliphatic carboxylic acids is 7. The minimum atomic E-state index is -1.33. The number of hydrogen-bond donors (Lipinski definition) is 12. The highest BCUT2D eigenvalue weighted by Crippen LogP contribution is 2.42. The Bertz CT molecular complexity index is 4430. The Kier molecular flexibility index (Phi) is 35.3. The number of allylic oxidation sites excluding steroid dienone is 10. The number of carbonyl (C=O) groups is 12. The van der Waals surface area contributed by atoms with Crippen molar-refractivity contribution < 1.29 is 98.8 Å². The van der Waals surface area contributed by atoms with E-state index >= 15 is 0 Å². The first-order valence-corrected chi connectivity index (χ1v) is 40.0. The van der Waals surface area contributed by atoms with Crippen LogP contribution in [0.2, 0.25) is 0 Å². The van der Waals surface area contributed by atoms with Crippen LogP contribution in [0.4, 0.5) is 0 Å². The molecule has 0 radical (unpaired) electrons. The van der Waals surface area contributed by atoms with Crippen LogP contribution in [0.25, 0.3) is 0 Å². The Morgan fingerprint density at radius 1 is 0.513 bits per heavy atom. The predicted molar refractivity (Wildman–Crippen MR) is 432 cm³/mol. The number of unbranched alkanes of at least 4 members (excludes halogenated alkanes) is 1. The Morgan fingerprint density at radius 3 is 1.29 bits per heavy atom. The van der Waals surface area contributed by atoms with Gasteiger partial charge in [-0.3, -0.25) is 38.9 Å². The van der Waals surface area contributed by atoms with Gasteiger partial charge in [-0.2, -0.15) is 0 Å². The van der Waals surface area contributed by atoms with Crippen molar-refractivity contribution in [2.24, 2.45) is 21.8 Å². The fourth-order valence-corrected chi connectivity index (χ4v) is 16.2. The third-order valence-corrected chi connectivity index (χ3v) is 22.3. The van der Waals surface area contributed by atoms with Crippen LogP contribution in [-0.4, -0.2) is 198 Å². The molecule has 7 aliphatic rings. The number of β-lactam (4-membered cyclic amide) rings is 1. The van der Waals surface area contributed by atoms with Gasteiger partial charge >= 0.3 is 41.8 Å². The standard InChI is InChI=1S/C21H24N2O5S.C20H22N2O5S.C20H20N2O5S.C20H20N2O4S.H2O/c1-2-3-4-8-11-15-13-29-19(23-17(15)20(25)26)18(21(27)28)22-16(24)12-14-9-6-5-7-10-14;23-15(10-13-4-2-1-3-5-13)21-17(20(26)27)18-22-16(19(24)25)14(11-28-18)9-8-12-6-7-12;1-2-3-5-10-14-12-28-18(22-16(14)19(24)25)17(20(26)27)21-15(23)11-13-8-6-4-7-9-13;23-15(10-13-4-2-1-3-5-13)21-16-18(24)22-17(20(25)26)14(11-27-19(16)22)9-8-12-6-7-12;/h4-11,18-19H,2-3,12-13H2,1H3,(H,22,24)(H,25,26)(H,27,28);1-5,8-9,12,17-18,22H,6-7,10-11H2,(H,21,23)(H,24,25)(H,26,27);3-10,17-18H,1-2,11-12H2,(H2-,21,23,24,25,26,27);1-5,8-9,12,16,19H,6-7,10-11H2,(H,21,23)(H,25,26);1H2/p+1/b8-4+,15-11+;9-8+;5-3+,14-10+;9-8+;. The molecule has 1 saturated heterocycles. The van der Waals surface area contributed by atoms with E-state index in [2.05, 4.69) is 43.5 Å². The van der Waals surface area contributed by atoms with Gasteiger partial charge in [0.05, 0.1) is 32.6 Å². The molecule has 0 aromatic heterocycles. The summed E-state index contributed by atoms with van der Waals surface area (Å²) >= 11 is 5.13. The van der Waals surface area contributed by atoms with E-state index in [1.54, 1.807) is 109 Å². The second-order valence-electron chi connectivity index (χ2n) is 26.2. The quantitative estimate of drug-likeness (QED) is 0.0170. The summed E-state index contributed by atoms with van der Waals surface area (Å²) in [5, 5.41) is 76.7. The van der Waals surface area contributed by atoms with Crippen molar-refractivity contribution in [1.82, 2.24) is 31.5 Å². The van der Waals surface area contributed by atoms with Gasteiger partial charge in [-0.15, -0.1) is 47.0 Å². The highest BCUT2D eigenvalue weighted by atomic mass is 32.2. The number of carboxylic acids is 7. The number of carboxylic acid groups (broad SMARTS) is 7. The normalized spacial score (nSPS) is 20.6. The Hall–Kier alpha value is -11.2. The topological polar surface area (TPSA) is 466 Å². The summed E-state index contributed by atoms with van der Waals surface area (Å²) in [5.41, 5.74) is 5.11. The highest BCUT2D eigenvalue weighted by molar-refractivity contribution is 8.01. The molecule has 32 heteroatoms. The third kappa shape index (κ3) is 27.9. The molecule has 8 unspecified atom stereocenters. The van der Waals surface area contributed by atoms with Gasteiger partial charge < -0.3 is 67.8 Å². The number of rotatable bonds is 31. The summed E-state index contributed by atoms with van der Waals surface area (Å²) in [6, 6.07) is 31.6. The van der Waals surface area contributed by atoms with Crippen LogP contribution < -0.4 is 26.6 Å². The van der Waals surface area contributed by atoms with Gasteiger partial charge in [0.1, 0.15) is 56.8 Å². The molecule has 8 atom stereocenters. The summed E-state index contributed by atoms with van der Waals surface area (Å²) in [6.07, 6.45) is 25.4. The lowest BCUT2D eigenvalue weighted by Crippen LogP contribution is -2.70. The first-order chi connectivity index (χ1) is 53.8. The summed E-state index contributed by atoms with van der Waals surface area (Å²) in [5.74, 6) is -7.89. The maximum absolute atomic E-state index is 12.6. The average Bonchev–Trinajstić information content (AvgIpc) is 1.62. The molecule has 113 heavy (non-hydrogen) atoms. The number of nitrogens with zero attached hydrogens (tertiary/aromatic N) is 3. The second-order valence-corrected chi connectivity index (χ2v) is 30.6. The molecule has 596 valence electrons. The van der Waals surface area contributed by atoms with E-state index in [4.69, 9.17) is 0 Å². The van der Waals surface area contributed by atoms with Gasteiger partial charge in [-0.05, 0) is 94.6 Å². The molecule has 5 aliphatic heterocycles. The van der Waals surface area contributed by atoms with Crippen molar-refractivity contribution in [2.45, 2.75) is 123 Å². The largest absolute Gasteiger partial charge is 0.480 e. The molecule has 2 saturated carbocycles. The summed E-state index contributed by atoms with van der Waals surface area (Å²) in [7, 11) is 0. The van der Waals surface area contributed by atoms with E-state index in [0.717, 1.165) is 60.8 Å². The lowest BCUT2D eigenvalue weighted by atomic mass is 10.0. The van der Waals surface area contributed by atoms with Gasteiger partial charge in [-0.25, -0.2) is 33.6 Å². The molecule has 14 N–H and O–H groups in total. The van der Waals surface area contributed by atoms with Crippen LogP contribution in [0, 0.1) is 18.8 Å². The van der Waals surface area contributed by atoms with E-state index in [-0.39, 0.29) is 76.9 Å². The van der Waals surface area contributed by atoms with E-state index < -0.39 is 99.8 Å². The Labute approximate surface area is 669 Å².